The first kappa shape index (κ1) is 6.34. The molecule has 0 bridgehead atoms. The zero-order valence-corrected chi connectivity index (χ0v) is 5.84. The van der Waals surface area contributed by atoms with Crippen molar-refractivity contribution in [2.24, 2.45) is 0 Å². The van der Waals surface area contributed by atoms with Gasteiger partial charge in [-0.3, -0.25) is 0 Å². The molecule has 0 fully saturated rings. The Kier molecular flexibility index (Phi) is 1.35. The van der Waals surface area contributed by atoms with E-state index < -0.39 is 6.67 Å². The molecule has 1 N–H and O–H groups in total. The van der Waals surface area contributed by atoms with Crippen LogP contribution in [0.2, 0.25) is 0 Å². The molecule has 2 rings (SSSR count). The molecule has 0 aliphatic heterocycles. The predicted octanol–water partition coefficient (Wildman–Crippen LogP) is 2.03. The van der Waals surface area contributed by atoms with Crippen LogP contribution in [-0.2, 0) is 6.67 Å². The minimum Gasteiger partial charge on any atom is -0.340 e. The number of imidazole rings is 1. The molecule has 3 heteroatoms. The van der Waals surface area contributed by atoms with Gasteiger partial charge in [0, 0.05) is 0 Å². The third kappa shape index (κ3) is 0.981. The normalized spacial score (nSPS) is 10.6. The number of hydrogen-bond donors (Lipinski definition) is 1. The molecule has 1 heterocycles. The summed E-state index contributed by atoms with van der Waals surface area (Å²) in [6.45, 7) is -0.533. The molecule has 0 saturated carbocycles. The van der Waals surface area contributed by atoms with Gasteiger partial charge in [0.05, 0.1) is 11.0 Å². The van der Waals surface area contributed by atoms with Crippen LogP contribution in [0.15, 0.2) is 24.3 Å². The molecule has 0 radical (unpaired) electrons. The maximum absolute atomic E-state index is 12.1. The molecule has 2 aromatic rings. The van der Waals surface area contributed by atoms with Crippen LogP contribution >= 0.6 is 0 Å². The fraction of sp³-hybridized carbons (Fsp3) is 0.125. The molecule has 11 heavy (non-hydrogen) atoms. The van der Waals surface area contributed by atoms with Gasteiger partial charge in [0.1, 0.15) is 12.5 Å². The van der Waals surface area contributed by atoms with Gasteiger partial charge in [-0.05, 0) is 12.1 Å². The van der Waals surface area contributed by atoms with Gasteiger partial charge in [-0.1, -0.05) is 12.1 Å². The lowest BCUT2D eigenvalue weighted by atomic mass is 10.3. The molecule has 0 amide bonds. The van der Waals surface area contributed by atoms with Crippen LogP contribution in [-0.4, -0.2) is 9.97 Å². The summed E-state index contributed by atoms with van der Waals surface area (Å²) in [7, 11) is 0. The third-order valence-corrected chi connectivity index (χ3v) is 1.56. The first-order valence-corrected chi connectivity index (χ1v) is 3.40. The SMILES string of the molecule is FCc1nc2ccccc2[nH]1. The van der Waals surface area contributed by atoms with Crippen molar-refractivity contribution in [1.82, 2.24) is 9.97 Å². The molecule has 0 aliphatic carbocycles. The molecule has 0 spiro atoms. The molecule has 56 valence electrons. The lowest BCUT2D eigenvalue weighted by Crippen LogP contribution is -1.78. The number of alkyl halides is 1. The standard InChI is InChI=1S/C8H7FN2/c9-5-8-10-6-3-1-2-4-7(6)11-8/h1-4H,5H2,(H,10,11). The minimum atomic E-state index is -0.533. The summed E-state index contributed by atoms with van der Waals surface area (Å²) < 4.78 is 12.1. The van der Waals surface area contributed by atoms with Crippen molar-refractivity contribution in [3.8, 4) is 0 Å². The Balaban J connectivity index is 2.69. The molecular formula is C8H7FN2. The molecule has 1 aromatic heterocycles. The molecule has 0 aliphatic rings. The number of fused-ring (bicyclic) bond motifs is 1. The van der Waals surface area contributed by atoms with E-state index in [0.717, 1.165) is 11.0 Å². The average Bonchev–Trinajstić information content (AvgIpc) is 2.46. The van der Waals surface area contributed by atoms with Crippen LogP contribution in [0.4, 0.5) is 4.39 Å². The molecular weight excluding hydrogens is 143 g/mol. The lowest BCUT2D eigenvalue weighted by molar-refractivity contribution is 0.469. The second-order valence-corrected chi connectivity index (χ2v) is 2.33. The van der Waals surface area contributed by atoms with Crippen molar-refractivity contribution < 1.29 is 4.39 Å². The van der Waals surface area contributed by atoms with E-state index in [9.17, 15) is 4.39 Å². The largest absolute Gasteiger partial charge is 0.340 e. The van der Waals surface area contributed by atoms with Crippen LogP contribution in [0.1, 0.15) is 5.82 Å². The molecule has 1 aromatic carbocycles. The number of H-pyrrole nitrogens is 1. The fourth-order valence-corrected chi connectivity index (χ4v) is 1.07. The zero-order valence-electron chi connectivity index (χ0n) is 5.84. The summed E-state index contributed by atoms with van der Waals surface area (Å²) in [5.74, 6) is 0.395. The van der Waals surface area contributed by atoms with Crippen molar-refractivity contribution in [1.29, 1.82) is 0 Å². The van der Waals surface area contributed by atoms with Crippen LogP contribution in [0, 0.1) is 0 Å². The quantitative estimate of drug-likeness (QED) is 0.662. The summed E-state index contributed by atoms with van der Waals surface area (Å²) in [6, 6.07) is 7.50. The van der Waals surface area contributed by atoms with E-state index in [-0.39, 0.29) is 0 Å². The highest BCUT2D eigenvalue weighted by molar-refractivity contribution is 5.74. The Morgan fingerprint density at radius 3 is 2.91 bits per heavy atom. The average molecular weight is 150 g/mol. The number of aromatic nitrogens is 2. The van der Waals surface area contributed by atoms with E-state index in [1.165, 1.54) is 0 Å². The molecule has 0 atom stereocenters. The van der Waals surface area contributed by atoms with Crippen LogP contribution < -0.4 is 0 Å². The first-order valence-electron chi connectivity index (χ1n) is 3.40. The highest BCUT2D eigenvalue weighted by atomic mass is 19.1. The Hall–Kier alpha value is -1.38. The highest BCUT2D eigenvalue weighted by Gasteiger charge is 1.98. The number of halogens is 1. The number of para-hydroxylation sites is 2. The van der Waals surface area contributed by atoms with Gasteiger partial charge >= 0.3 is 0 Å². The zero-order chi connectivity index (χ0) is 7.68. The van der Waals surface area contributed by atoms with Gasteiger partial charge in [0.25, 0.3) is 0 Å². The summed E-state index contributed by atoms with van der Waals surface area (Å²) in [5.41, 5.74) is 1.71. The number of aromatic amines is 1. The van der Waals surface area contributed by atoms with Crippen molar-refractivity contribution in [2.45, 2.75) is 6.67 Å². The fourth-order valence-electron chi connectivity index (χ4n) is 1.07. The van der Waals surface area contributed by atoms with Gasteiger partial charge in [-0.2, -0.15) is 0 Å². The topological polar surface area (TPSA) is 28.7 Å². The number of hydrogen-bond acceptors (Lipinski definition) is 1. The van der Waals surface area contributed by atoms with Crippen LogP contribution in [0.5, 0.6) is 0 Å². The van der Waals surface area contributed by atoms with E-state index in [2.05, 4.69) is 9.97 Å². The van der Waals surface area contributed by atoms with Crippen molar-refractivity contribution in [3.05, 3.63) is 30.1 Å². The van der Waals surface area contributed by atoms with Crippen LogP contribution in [0.25, 0.3) is 11.0 Å². The maximum atomic E-state index is 12.1. The van der Waals surface area contributed by atoms with E-state index in [4.69, 9.17) is 0 Å². The van der Waals surface area contributed by atoms with E-state index in [1.54, 1.807) is 0 Å². The van der Waals surface area contributed by atoms with Gasteiger partial charge < -0.3 is 4.98 Å². The Morgan fingerprint density at radius 2 is 2.18 bits per heavy atom. The first-order chi connectivity index (χ1) is 5.40. The van der Waals surface area contributed by atoms with Crippen LogP contribution in [0.3, 0.4) is 0 Å². The second-order valence-electron chi connectivity index (χ2n) is 2.33. The molecule has 2 nitrogen and oxygen atoms in total. The van der Waals surface area contributed by atoms with Crippen molar-refractivity contribution in [3.63, 3.8) is 0 Å². The number of benzene rings is 1. The Morgan fingerprint density at radius 1 is 1.36 bits per heavy atom. The smallest absolute Gasteiger partial charge is 0.147 e. The van der Waals surface area contributed by atoms with Gasteiger partial charge in [-0.15, -0.1) is 0 Å². The van der Waals surface area contributed by atoms with E-state index in [1.807, 2.05) is 24.3 Å². The minimum absolute atomic E-state index is 0.395. The number of nitrogens with zero attached hydrogens (tertiary/aromatic N) is 1. The maximum Gasteiger partial charge on any atom is 0.147 e. The lowest BCUT2D eigenvalue weighted by Gasteiger charge is -1.81. The number of nitrogens with one attached hydrogen (secondary N) is 1. The summed E-state index contributed by atoms with van der Waals surface area (Å²) in [6.07, 6.45) is 0. The Labute approximate surface area is 63.1 Å². The summed E-state index contributed by atoms with van der Waals surface area (Å²) in [5, 5.41) is 0. The van der Waals surface area contributed by atoms with Gasteiger partial charge in [0.2, 0.25) is 0 Å². The third-order valence-electron chi connectivity index (χ3n) is 1.56. The molecule has 0 saturated heterocycles. The van der Waals surface area contributed by atoms with Gasteiger partial charge in [0.15, 0.2) is 0 Å². The van der Waals surface area contributed by atoms with E-state index in [0.29, 0.717) is 5.82 Å². The monoisotopic (exact) mass is 150 g/mol. The predicted molar refractivity (Wildman–Crippen MR) is 40.9 cm³/mol. The highest BCUT2D eigenvalue weighted by Crippen LogP contribution is 2.10. The van der Waals surface area contributed by atoms with E-state index >= 15 is 0 Å². The Bertz CT molecular complexity index is 334. The second kappa shape index (κ2) is 2.34. The van der Waals surface area contributed by atoms with Crippen molar-refractivity contribution in [2.75, 3.05) is 0 Å². The summed E-state index contributed by atoms with van der Waals surface area (Å²) in [4.78, 5) is 6.86. The summed E-state index contributed by atoms with van der Waals surface area (Å²) >= 11 is 0. The van der Waals surface area contributed by atoms with Gasteiger partial charge in [-0.25, -0.2) is 9.37 Å². The molecule has 0 unspecified atom stereocenters. The van der Waals surface area contributed by atoms with Crippen molar-refractivity contribution >= 4 is 11.0 Å². The number of rotatable bonds is 1.